The molecule has 4 heteroatoms. The SMILES string of the molecule is CCN(CC)Cc1ccccc1CNC(=O)C1CCNCC1. The number of piperidine rings is 1. The first-order valence-electron chi connectivity index (χ1n) is 8.52. The summed E-state index contributed by atoms with van der Waals surface area (Å²) >= 11 is 0. The highest BCUT2D eigenvalue weighted by Crippen LogP contribution is 2.14. The zero-order valence-electron chi connectivity index (χ0n) is 13.9. The van der Waals surface area contributed by atoms with Crippen LogP contribution in [0.1, 0.15) is 37.8 Å². The lowest BCUT2D eigenvalue weighted by Crippen LogP contribution is -2.38. The number of nitrogens with one attached hydrogen (secondary N) is 2. The molecule has 0 aromatic heterocycles. The molecule has 0 spiro atoms. The molecule has 1 heterocycles. The van der Waals surface area contributed by atoms with Crippen molar-refractivity contribution in [1.82, 2.24) is 15.5 Å². The molecule has 0 atom stereocenters. The predicted octanol–water partition coefficient (Wildman–Crippen LogP) is 2.14. The number of amides is 1. The van der Waals surface area contributed by atoms with Gasteiger partial charge in [-0.1, -0.05) is 38.1 Å². The summed E-state index contributed by atoms with van der Waals surface area (Å²) in [6.45, 7) is 9.97. The molecule has 0 bridgehead atoms. The van der Waals surface area contributed by atoms with Gasteiger partial charge in [-0.25, -0.2) is 0 Å². The largest absolute Gasteiger partial charge is 0.352 e. The Kier molecular flexibility index (Phi) is 6.87. The molecule has 22 heavy (non-hydrogen) atoms. The summed E-state index contributed by atoms with van der Waals surface area (Å²) in [5, 5.41) is 6.43. The number of hydrogen-bond acceptors (Lipinski definition) is 3. The van der Waals surface area contributed by atoms with Crippen molar-refractivity contribution in [1.29, 1.82) is 0 Å². The molecule has 0 radical (unpaired) electrons. The van der Waals surface area contributed by atoms with Crippen molar-refractivity contribution in [3.8, 4) is 0 Å². The van der Waals surface area contributed by atoms with Gasteiger partial charge in [0.05, 0.1) is 0 Å². The summed E-state index contributed by atoms with van der Waals surface area (Å²) in [6, 6.07) is 8.43. The lowest BCUT2D eigenvalue weighted by Gasteiger charge is -2.23. The summed E-state index contributed by atoms with van der Waals surface area (Å²) in [4.78, 5) is 14.7. The average Bonchev–Trinajstić information content (AvgIpc) is 2.59. The van der Waals surface area contributed by atoms with E-state index in [9.17, 15) is 4.79 Å². The second-order valence-electron chi connectivity index (χ2n) is 5.97. The zero-order chi connectivity index (χ0) is 15.8. The topological polar surface area (TPSA) is 44.4 Å². The molecule has 0 aliphatic carbocycles. The molecular weight excluding hydrogens is 274 g/mol. The zero-order valence-corrected chi connectivity index (χ0v) is 13.9. The van der Waals surface area contributed by atoms with E-state index in [4.69, 9.17) is 0 Å². The first kappa shape index (κ1) is 17.0. The minimum absolute atomic E-state index is 0.177. The van der Waals surface area contributed by atoms with Gasteiger partial charge in [-0.2, -0.15) is 0 Å². The van der Waals surface area contributed by atoms with E-state index < -0.39 is 0 Å². The number of carbonyl (C=O) groups is 1. The maximum atomic E-state index is 12.3. The molecule has 0 unspecified atom stereocenters. The Morgan fingerprint density at radius 1 is 1.18 bits per heavy atom. The van der Waals surface area contributed by atoms with Crippen LogP contribution in [0.3, 0.4) is 0 Å². The van der Waals surface area contributed by atoms with E-state index in [-0.39, 0.29) is 11.8 Å². The Labute approximate surface area is 134 Å². The fourth-order valence-corrected chi connectivity index (χ4v) is 2.98. The molecule has 1 aromatic carbocycles. The molecule has 1 amide bonds. The summed E-state index contributed by atoms with van der Waals surface area (Å²) < 4.78 is 0. The molecule has 1 aromatic rings. The minimum atomic E-state index is 0.177. The third-order valence-electron chi connectivity index (χ3n) is 4.57. The van der Waals surface area contributed by atoms with Crippen LogP contribution in [0.15, 0.2) is 24.3 Å². The Hall–Kier alpha value is -1.39. The fourth-order valence-electron chi connectivity index (χ4n) is 2.98. The van der Waals surface area contributed by atoms with Crippen molar-refractivity contribution >= 4 is 5.91 Å². The van der Waals surface area contributed by atoms with Crippen LogP contribution in [0.2, 0.25) is 0 Å². The van der Waals surface area contributed by atoms with Gasteiger partial charge in [-0.3, -0.25) is 9.69 Å². The lowest BCUT2D eigenvalue weighted by atomic mass is 9.97. The van der Waals surface area contributed by atoms with Crippen molar-refractivity contribution in [2.24, 2.45) is 5.92 Å². The van der Waals surface area contributed by atoms with Crippen LogP contribution in [0, 0.1) is 5.92 Å². The van der Waals surface area contributed by atoms with E-state index in [0.717, 1.165) is 45.6 Å². The molecular formula is C18H29N3O. The van der Waals surface area contributed by atoms with Crippen LogP contribution < -0.4 is 10.6 Å². The number of benzene rings is 1. The molecule has 1 fully saturated rings. The second-order valence-corrected chi connectivity index (χ2v) is 5.97. The molecule has 1 saturated heterocycles. The van der Waals surface area contributed by atoms with Gasteiger partial charge < -0.3 is 10.6 Å². The third-order valence-corrected chi connectivity index (χ3v) is 4.57. The van der Waals surface area contributed by atoms with E-state index in [1.807, 2.05) is 0 Å². The van der Waals surface area contributed by atoms with Crippen LogP contribution in [0.5, 0.6) is 0 Å². The molecule has 0 saturated carbocycles. The van der Waals surface area contributed by atoms with Crippen molar-refractivity contribution in [2.45, 2.75) is 39.8 Å². The Morgan fingerprint density at radius 2 is 1.82 bits per heavy atom. The van der Waals surface area contributed by atoms with Crippen LogP contribution in [0.4, 0.5) is 0 Å². The van der Waals surface area contributed by atoms with Crippen LogP contribution in [-0.4, -0.2) is 37.0 Å². The van der Waals surface area contributed by atoms with Gasteiger partial charge in [0, 0.05) is 19.0 Å². The van der Waals surface area contributed by atoms with Gasteiger partial charge in [-0.15, -0.1) is 0 Å². The highest BCUT2D eigenvalue weighted by molar-refractivity contribution is 5.78. The minimum Gasteiger partial charge on any atom is -0.352 e. The Balaban J connectivity index is 1.93. The summed E-state index contributed by atoms with van der Waals surface area (Å²) in [5.74, 6) is 0.385. The van der Waals surface area contributed by atoms with Gasteiger partial charge in [0.15, 0.2) is 0 Å². The normalized spacial score (nSPS) is 16.0. The van der Waals surface area contributed by atoms with Crippen LogP contribution in [-0.2, 0) is 17.9 Å². The number of rotatable bonds is 7. The van der Waals surface area contributed by atoms with E-state index in [0.29, 0.717) is 6.54 Å². The maximum absolute atomic E-state index is 12.3. The van der Waals surface area contributed by atoms with Gasteiger partial charge in [0.1, 0.15) is 0 Å². The van der Waals surface area contributed by atoms with Crippen molar-refractivity contribution < 1.29 is 4.79 Å². The summed E-state index contributed by atoms with van der Waals surface area (Å²) in [5.41, 5.74) is 2.55. The van der Waals surface area contributed by atoms with E-state index in [1.54, 1.807) is 0 Å². The van der Waals surface area contributed by atoms with Crippen molar-refractivity contribution in [2.75, 3.05) is 26.2 Å². The maximum Gasteiger partial charge on any atom is 0.223 e. The molecule has 2 N–H and O–H groups in total. The van der Waals surface area contributed by atoms with Gasteiger partial charge in [-0.05, 0) is 50.1 Å². The van der Waals surface area contributed by atoms with E-state index in [2.05, 4.69) is 53.6 Å². The van der Waals surface area contributed by atoms with Gasteiger partial charge in [0.25, 0.3) is 0 Å². The fraction of sp³-hybridized carbons (Fsp3) is 0.611. The third kappa shape index (κ3) is 4.82. The number of carbonyl (C=O) groups excluding carboxylic acids is 1. The first-order chi connectivity index (χ1) is 10.7. The molecule has 1 aliphatic heterocycles. The molecule has 122 valence electrons. The van der Waals surface area contributed by atoms with E-state index >= 15 is 0 Å². The predicted molar refractivity (Wildman–Crippen MR) is 90.5 cm³/mol. The second kappa shape index (κ2) is 8.91. The standard InChI is InChI=1S/C18H29N3O/c1-3-21(4-2)14-17-8-6-5-7-16(17)13-20-18(22)15-9-11-19-12-10-15/h5-8,15,19H,3-4,9-14H2,1-2H3,(H,20,22). The van der Waals surface area contributed by atoms with Gasteiger partial charge >= 0.3 is 0 Å². The van der Waals surface area contributed by atoms with E-state index in [1.165, 1.54) is 11.1 Å². The van der Waals surface area contributed by atoms with Crippen LogP contribution >= 0.6 is 0 Å². The smallest absolute Gasteiger partial charge is 0.223 e. The van der Waals surface area contributed by atoms with Crippen LogP contribution in [0.25, 0.3) is 0 Å². The monoisotopic (exact) mass is 303 g/mol. The van der Waals surface area contributed by atoms with Crippen molar-refractivity contribution in [3.05, 3.63) is 35.4 Å². The highest BCUT2D eigenvalue weighted by atomic mass is 16.1. The summed E-state index contributed by atoms with van der Waals surface area (Å²) in [7, 11) is 0. The summed E-state index contributed by atoms with van der Waals surface area (Å²) in [6.07, 6.45) is 1.90. The van der Waals surface area contributed by atoms with Gasteiger partial charge in [0.2, 0.25) is 5.91 Å². The van der Waals surface area contributed by atoms with Crippen molar-refractivity contribution in [3.63, 3.8) is 0 Å². The molecule has 2 rings (SSSR count). The quantitative estimate of drug-likeness (QED) is 0.811. The first-order valence-corrected chi connectivity index (χ1v) is 8.52. The molecule has 4 nitrogen and oxygen atoms in total. The Morgan fingerprint density at radius 3 is 2.45 bits per heavy atom. The average molecular weight is 303 g/mol. The Bertz CT molecular complexity index is 465. The molecule has 1 aliphatic rings. The number of nitrogens with zero attached hydrogens (tertiary/aromatic N) is 1. The lowest BCUT2D eigenvalue weighted by molar-refractivity contribution is -0.125. The number of hydrogen-bond donors (Lipinski definition) is 2. The highest BCUT2D eigenvalue weighted by Gasteiger charge is 2.20.